The second-order valence-corrected chi connectivity index (χ2v) is 8.08. The Labute approximate surface area is 187 Å². The van der Waals surface area contributed by atoms with Gasteiger partial charge in [-0.05, 0) is 36.4 Å². The van der Waals surface area contributed by atoms with Crippen LogP contribution in [0.1, 0.15) is 0 Å². The van der Waals surface area contributed by atoms with Gasteiger partial charge in [-0.1, -0.05) is 59.3 Å². The maximum absolute atomic E-state index is 6.05. The number of nitrogens with one attached hydrogen (secondary N) is 2. The monoisotopic (exact) mass is 445 g/mol. The number of hydrogen-bond acceptors (Lipinski definition) is 8. The number of para-hydroxylation sites is 3. The maximum Gasteiger partial charge on any atom is 0.229 e. The average Bonchev–Trinajstić information content (AvgIpc) is 3.24. The summed E-state index contributed by atoms with van der Waals surface area (Å²) in [4.78, 5) is 9.27. The molecule has 4 N–H and O–H groups in total. The Balaban J connectivity index is 1.49. The van der Waals surface area contributed by atoms with Crippen molar-refractivity contribution in [2.45, 2.75) is 0 Å². The van der Waals surface area contributed by atoms with Gasteiger partial charge in [-0.2, -0.15) is 4.98 Å². The molecule has 0 saturated carbocycles. The van der Waals surface area contributed by atoms with E-state index >= 15 is 0 Å². The lowest BCUT2D eigenvalue weighted by molar-refractivity contribution is 1.09. The number of halogens is 1. The number of nitrogen functional groups attached to an aromatic ring is 1. The first-order valence-corrected chi connectivity index (χ1v) is 10.6. The highest BCUT2D eigenvalue weighted by Gasteiger charge is 2.12. The minimum atomic E-state index is 0.432. The van der Waals surface area contributed by atoms with E-state index in [1.54, 1.807) is 0 Å². The minimum absolute atomic E-state index is 0.432. The molecule has 2 aromatic heterocycles. The molecule has 0 atom stereocenters. The summed E-state index contributed by atoms with van der Waals surface area (Å²) in [7, 11) is 0. The number of anilines is 5. The number of rotatable bonds is 5. The molecule has 0 aliphatic heterocycles. The third-order valence-electron chi connectivity index (χ3n) is 4.55. The van der Waals surface area contributed by atoms with Crippen molar-refractivity contribution < 1.29 is 0 Å². The smallest absolute Gasteiger partial charge is 0.229 e. The lowest BCUT2D eigenvalue weighted by Crippen LogP contribution is -2.03. The summed E-state index contributed by atoms with van der Waals surface area (Å²) in [5.74, 6) is 1.06. The number of aromatic nitrogens is 4. The fourth-order valence-corrected chi connectivity index (χ4v) is 3.92. The first-order chi connectivity index (χ1) is 15.2. The van der Waals surface area contributed by atoms with Crippen LogP contribution < -0.4 is 16.4 Å². The SMILES string of the molecule is Nc1ccccc1Nc1nc(Nc2nnc(-c3ccc(Cl)cc3)s2)c2ccccc2n1. The zero-order chi connectivity index (χ0) is 21.2. The molecule has 2 heterocycles. The molecule has 0 aliphatic carbocycles. The molecule has 0 unspecified atom stereocenters. The molecule has 0 bridgehead atoms. The average molecular weight is 446 g/mol. The molecule has 5 aromatic rings. The minimum Gasteiger partial charge on any atom is -0.397 e. The van der Waals surface area contributed by atoms with Crippen LogP contribution in [0.25, 0.3) is 21.5 Å². The van der Waals surface area contributed by atoms with Crippen LogP contribution in [-0.4, -0.2) is 20.2 Å². The Morgan fingerprint density at radius 2 is 1.58 bits per heavy atom. The van der Waals surface area contributed by atoms with Crippen LogP contribution in [0, 0.1) is 0 Å². The van der Waals surface area contributed by atoms with Crippen LogP contribution in [-0.2, 0) is 0 Å². The number of fused-ring (bicyclic) bond motifs is 1. The Kier molecular flexibility index (Phi) is 5.07. The fraction of sp³-hybridized carbons (Fsp3) is 0. The van der Waals surface area contributed by atoms with E-state index in [9.17, 15) is 0 Å². The fourth-order valence-electron chi connectivity index (χ4n) is 3.04. The molecule has 0 aliphatic rings. The summed E-state index contributed by atoms with van der Waals surface area (Å²) in [5.41, 5.74) is 9.15. The van der Waals surface area contributed by atoms with Gasteiger partial charge in [-0.3, -0.25) is 0 Å². The molecule has 0 fully saturated rings. The summed E-state index contributed by atoms with van der Waals surface area (Å²) in [6.45, 7) is 0. The van der Waals surface area contributed by atoms with Crippen LogP contribution in [0.15, 0.2) is 72.8 Å². The molecule has 0 saturated heterocycles. The van der Waals surface area contributed by atoms with Gasteiger partial charge in [-0.25, -0.2) is 4.98 Å². The molecule has 152 valence electrons. The van der Waals surface area contributed by atoms with Crippen molar-refractivity contribution in [2.24, 2.45) is 0 Å². The highest BCUT2D eigenvalue weighted by molar-refractivity contribution is 7.18. The van der Waals surface area contributed by atoms with E-state index in [1.807, 2.05) is 72.8 Å². The van der Waals surface area contributed by atoms with Gasteiger partial charge in [0.15, 0.2) is 0 Å². The highest BCUT2D eigenvalue weighted by atomic mass is 35.5. The predicted octanol–water partition coefficient (Wildman–Crippen LogP) is 5.87. The third-order valence-corrected chi connectivity index (χ3v) is 5.69. The van der Waals surface area contributed by atoms with Crippen molar-refractivity contribution in [2.75, 3.05) is 16.4 Å². The van der Waals surface area contributed by atoms with Crippen molar-refractivity contribution in [3.63, 3.8) is 0 Å². The number of nitrogens with two attached hydrogens (primary N) is 1. The van der Waals surface area contributed by atoms with E-state index in [-0.39, 0.29) is 0 Å². The number of benzene rings is 3. The summed E-state index contributed by atoms with van der Waals surface area (Å²) >= 11 is 7.41. The normalized spacial score (nSPS) is 10.9. The van der Waals surface area contributed by atoms with E-state index in [0.29, 0.717) is 27.6 Å². The van der Waals surface area contributed by atoms with Gasteiger partial charge >= 0.3 is 0 Å². The molecular formula is C22H16ClN7S. The second kappa shape index (κ2) is 8.17. The quantitative estimate of drug-likeness (QED) is 0.291. The first kappa shape index (κ1) is 19.2. The van der Waals surface area contributed by atoms with Gasteiger partial charge in [0.05, 0.1) is 16.9 Å². The Morgan fingerprint density at radius 3 is 2.42 bits per heavy atom. The summed E-state index contributed by atoms with van der Waals surface area (Å²) < 4.78 is 0. The molecule has 0 amide bonds. The van der Waals surface area contributed by atoms with E-state index in [4.69, 9.17) is 17.3 Å². The Morgan fingerprint density at radius 1 is 0.806 bits per heavy atom. The largest absolute Gasteiger partial charge is 0.397 e. The molecule has 3 aromatic carbocycles. The first-order valence-electron chi connectivity index (χ1n) is 9.40. The summed E-state index contributed by atoms with van der Waals surface area (Å²) in [6, 6.07) is 22.7. The van der Waals surface area contributed by atoms with E-state index < -0.39 is 0 Å². The molecule has 9 heteroatoms. The van der Waals surface area contributed by atoms with Gasteiger partial charge in [0.1, 0.15) is 10.8 Å². The lowest BCUT2D eigenvalue weighted by Gasteiger charge is -2.11. The predicted molar refractivity (Wildman–Crippen MR) is 127 cm³/mol. The van der Waals surface area contributed by atoms with Crippen LogP contribution in [0.4, 0.5) is 28.3 Å². The van der Waals surface area contributed by atoms with Crippen LogP contribution in [0.3, 0.4) is 0 Å². The van der Waals surface area contributed by atoms with Gasteiger partial charge < -0.3 is 16.4 Å². The molecule has 5 rings (SSSR count). The topological polar surface area (TPSA) is 102 Å². The molecular weight excluding hydrogens is 430 g/mol. The van der Waals surface area contributed by atoms with Crippen molar-refractivity contribution in [3.8, 4) is 10.6 Å². The standard InChI is InChI=1S/C22H16ClN7S/c23-14-11-9-13(10-12-14)20-29-30-22(31-20)28-19-15-5-1-3-7-17(15)25-21(27-19)26-18-8-4-2-6-16(18)24/h1-12H,24H2,(H2,25,26,27,28,30). The van der Waals surface area contributed by atoms with Crippen LogP contribution >= 0.6 is 22.9 Å². The van der Waals surface area contributed by atoms with Gasteiger partial charge in [0, 0.05) is 16.0 Å². The van der Waals surface area contributed by atoms with E-state index in [1.165, 1.54) is 11.3 Å². The Bertz CT molecular complexity index is 1370. The number of hydrogen-bond donors (Lipinski definition) is 3. The van der Waals surface area contributed by atoms with Gasteiger partial charge in [0.25, 0.3) is 0 Å². The van der Waals surface area contributed by atoms with Crippen molar-refractivity contribution in [1.29, 1.82) is 0 Å². The maximum atomic E-state index is 6.05. The van der Waals surface area contributed by atoms with Crippen molar-refractivity contribution in [1.82, 2.24) is 20.2 Å². The zero-order valence-electron chi connectivity index (χ0n) is 16.1. The zero-order valence-corrected chi connectivity index (χ0v) is 17.7. The summed E-state index contributed by atoms with van der Waals surface area (Å²) in [6.07, 6.45) is 0. The highest BCUT2D eigenvalue weighted by Crippen LogP contribution is 2.31. The van der Waals surface area contributed by atoms with E-state index in [0.717, 1.165) is 27.2 Å². The van der Waals surface area contributed by atoms with Crippen LogP contribution in [0.5, 0.6) is 0 Å². The molecule has 31 heavy (non-hydrogen) atoms. The van der Waals surface area contributed by atoms with E-state index in [2.05, 4.69) is 30.8 Å². The van der Waals surface area contributed by atoms with Crippen molar-refractivity contribution >= 4 is 62.1 Å². The van der Waals surface area contributed by atoms with Crippen molar-refractivity contribution in [3.05, 3.63) is 77.8 Å². The molecule has 7 nitrogen and oxygen atoms in total. The molecule has 0 radical (unpaired) electrons. The molecule has 0 spiro atoms. The second-order valence-electron chi connectivity index (χ2n) is 6.67. The lowest BCUT2D eigenvalue weighted by atomic mass is 10.2. The van der Waals surface area contributed by atoms with Crippen LogP contribution in [0.2, 0.25) is 5.02 Å². The van der Waals surface area contributed by atoms with Gasteiger partial charge in [0.2, 0.25) is 11.1 Å². The Hall–Kier alpha value is -3.75. The number of nitrogens with zero attached hydrogens (tertiary/aromatic N) is 4. The van der Waals surface area contributed by atoms with Gasteiger partial charge in [-0.15, -0.1) is 10.2 Å². The summed E-state index contributed by atoms with van der Waals surface area (Å²) in [5, 5.41) is 18.0. The third kappa shape index (κ3) is 4.11.